The van der Waals surface area contributed by atoms with Crippen molar-refractivity contribution < 1.29 is 0 Å². The molecule has 0 aromatic heterocycles. The summed E-state index contributed by atoms with van der Waals surface area (Å²) in [5, 5.41) is 1.76. The Bertz CT molecular complexity index is 245. The van der Waals surface area contributed by atoms with E-state index < -0.39 is 0 Å². The van der Waals surface area contributed by atoms with E-state index in [0.717, 1.165) is 11.4 Å². The van der Waals surface area contributed by atoms with Crippen molar-refractivity contribution in [3.05, 3.63) is 36.2 Å². The second-order valence-corrected chi connectivity index (χ2v) is 3.34. The predicted octanol–water partition coefficient (Wildman–Crippen LogP) is 1.26. The Morgan fingerprint density at radius 1 is 1.46 bits per heavy atom. The van der Waals surface area contributed by atoms with Gasteiger partial charge in [-0.25, -0.2) is 5.84 Å². The van der Waals surface area contributed by atoms with Gasteiger partial charge < -0.3 is 10.7 Å². The quantitative estimate of drug-likeness (QED) is 0.388. The van der Waals surface area contributed by atoms with Crippen LogP contribution in [0.15, 0.2) is 36.2 Å². The second-order valence-electron chi connectivity index (χ2n) is 3.34. The molecule has 0 aromatic rings. The van der Waals surface area contributed by atoms with Gasteiger partial charge in [0.05, 0.1) is 5.70 Å². The third-order valence-electron chi connectivity index (χ3n) is 1.96. The van der Waals surface area contributed by atoms with Gasteiger partial charge in [-0.15, -0.1) is 0 Å². The molecule has 1 aliphatic rings. The average molecular weight is 179 g/mol. The van der Waals surface area contributed by atoms with Gasteiger partial charge in [0.1, 0.15) is 0 Å². The van der Waals surface area contributed by atoms with Gasteiger partial charge in [-0.1, -0.05) is 6.58 Å². The SMILES string of the molecule is C=C/C(=C\C=C(/C)N)N(N)C1CC1. The van der Waals surface area contributed by atoms with Crippen molar-refractivity contribution in [3.63, 3.8) is 0 Å². The third-order valence-corrected chi connectivity index (χ3v) is 1.96. The highest BCUT2D eigenvalue weighted by Crippen LogP contribution is 2.27. The summed E-state index contributed by atoms with van der Waals surface area (Å²) in [7, 11) is 0. The molecule has 0 amide bonds. The van der Waals surface area contributed by atoms with Gasteiger partial charge in [0.15, 0.2) is 0 Å². The van der Waals surface area contributed by atoms with Crippen LogP contribution in [0.1, 0.15) is 19.8 Å². The first-order chi connectivity index (χ1) is 6.15. The maximum absolute atomic E-state index is 5.84. The van der Waals surface area contributed by atoms with Crippen molar-refractivity contribution in [3.8, 4) is 0 Å². The number of allylic oxidation sites excluding steroid dienone is 4. The first kappa shape index (κ1) is 9.86. The second kappa shape index (κ2) is 4.14. The minimum Gasteiger partial charge on any atom is -0.402 e. The lowest BCUT2D eigenvalue weighted by Crippen LogP contribution is -2.31. The van der Waals surface area contributed by atoms with E-state index in [1.807, 2.05) is 19.1 Å². The van der Waals surface area contributed by atoms with Crippen molar-refractivity contribution in [2.75, 3.05) is 0 Å². The van der Waals surface area contributed by atoms with Crippen LogP contribution in [-0.4, -0.2) is 11.1 Å². The standard InChI is InChI=1S/C10H17N3/c1-3-9(5-4-8(2)11)13(12)10-6-7-10/h3-5,10H,1,6-7,11-12H2,2H3/b8-4+,9-5+. The highest BCUT2D eigenvalue weighted by molar-refractivity contribution is 5.23. The van der Waals surface area contributed by atoms with E-state index >= 15 is 0 Å². The minimum atomic E-state index is 0.496. The monoisotopic (exact) mass is 179 g/mol. The Hall–Kier alpha value is -1.22. The van der Waals surface area contributed by atoms with Crippen LogP contribution in [-0.2, 0) is 0 Å². The molecule has 13 heavy (non-hydrogen) atoms. The molecule has 0 unspecified atom stereocenters. The van der Waals surface area contributed by atoms with Gasteiger partial charge >= 0.3 is 0 Å². The van der Waals surface area contributed by atoms with E-state index in [1.54, 1.807) is 11.1 Å². The molecule has 3 nitrogen and oxygen atoms in total. The molecule has 1 rings (SSSR count). The molecule has 0 atom stereocenters. The molecule has 1 aliphatic carbocycles. The average Bonchev–Trinajstić information content (AvgIpc) is 2.86. The number of rotatable bonds is 4. The van der Waals surface area contributed by atoms with Gasteiger partial charge in [0.2, 0.25) is 0 Å². The summed E-state index contributed by atoms with van der Waals surface area (Å²) in [5.41, 5.74) is 7.20. The summed E-state index contributed by atoms with van der Waals surface area (Å²) >= 11 is 0. The first-order valence-electron chi connectivity index (χ1n) is 4.45. The Labute approximate surface area is 79.4 Å². The molecule has 0 radical (unpaired) electrons. The van der Waals surface area contributed by atoms with Crippen LogP contribution >= 0.6 is 0 Å². The van der Waals surface area contributed by atoms with Crippen LogP contribution in [0.2, 0.25) is 0 Å². The van der Waals surface area contributed by atoms with Crippen molar-refractivity contribution >= 4 is 0 Å². The molecule has 3 heteroatoms. The van der Waals surface area contributed by atoms with Gasteiger partial charge in [-0.05, 0) is 38.0 Å². The molecular formula is C10H17N3. The van der Waals surface area contributed by atoms with Gasteiger partial charge in [-0.3, -0.25) is 0 Å². The fourth-order valence-electron chi connectivity index (χ4n) is 1.04. The molecule has 0 aromatic carbocycles. The topological polar surface area (TPSA) is 55.3 Å². The zero-order valence-electron chi connectivity index (χ0n) is 8.03. The van der Waals surface area contributed by atoms with Crippen LogP contribution in [0.3, 0.4) is 0 Å². The Kier molecular flexibility index (Phi) is 3.14. The summed E-state index contributed by atoms with van der Waals surface area (Å²) < 4.78 is 0. The predicted molar refractivity (Wildman–Crippen MR) is 55.3 cm³/mol. The number of nitrogens with two attached hydrogens (primary N) is 2. The molecule has 72 valence electrons. The number of hydrazine groups is 1. The van der Waals surface area contributed by atoms with Crippen LogP contribution in [0.4, 0.5) is 0 Å². The van der Waals surface area contributed by atoms with E-state index in [-0.39, 0.29) is 0 Å². The molecule has 0 heterocycles. The van der Waals surface area contributed by atoms with E-state index in [0.29, 0.717) is 6.04 Å². The third kappa shape index (κ3) is 2.95. The van der Waals surface area contributed by atoms with Crippen LogP contribution in [0.5, 0.6) is 0 Å². The molecule has 1 saturated carbocycles. The maximum atomic E-state index is 5.84. The van der Waals surface area contributed by atoms with Crippen molar-refractivity contribution in [1.29, 1.82) is 0 Å². The molecule has 4 N–H and O–H groups in total. The van der Waals surface area contributed by atoms with Crippen LogP contribution in [0, 0.1) is 0 Å². The summed E-state index contributed by atoms with van der Waals surface area (Å²) in [6.07, 6.45) is 7.82. The maximum Gasteiger partial charge on any atom is 0.0515 e. The van der Waals surface area contributed by atoms with E-state index in [9.17, 15) is 0 Å². The fourth-order valence-corrected chi connectivity index (χ4v) is 1.04. The van der Waals surface area contributed by atoms with E-state index in [1.165, 1.54) is 12.8 Å². The van der Waals surface area contributed by atoms with Gasteiger partial charge in [0.25, 0.3) is 0 Å². The minimum absolute atomic E-state index is 0.496. The number of hydrogen-bond donors (Lipinski definition) is 2. The molecule has 0 saturated heterocycles. The molecule has 0 aliphatic heterocycles. The van der Waals surface area contributed by atoms with Crippen LogP contribution in [0.25, 0.3) is 0 Å². The van der Waals surface area contributed by atoms with E-state index in [2.05, 4.69) is 6.58 Å². The summed E-state index contributed by atoms with van der Waals surface area (Å²) in [6.45, 7) is 5.55. The van der Waals surface area contributed by atoms with Crippen molar-refractivity contribution in [2.24, 2.45) is 11.6 Å². The van der Waals surface area contributed by atoms with Crippen LogP contribution < -0.4 is 11.6 Å². The van der Waals surface area contributed by atoms with E-state index in [4.69, 9.17) is 11.6 Å². The Morgan fingerprint density at radius 3 is 2.46 bits per heavy atom. The summed E-state index contributed by atoms with van der Waals surface area (Å²) in [6, 6.07) is 0.496. The van der Waals surface area contributed by atoms with Crippen molar-refractivity contribution in [2.45, 2.75) is 25.8 Å². The van der Waals surface area contributed by atoms with Crippen molar-refractivity contribution in [1.82, 2.24) is 5.01 Å². The zero-order chi connectivity index (χ0) is 9.84. The lowest BCUT2D eigenvalue weighted by Gasteiger charge is -2.18. The molecular weight excluding hydrogens is 162 g/mol. The van der Waals surface area contributed by atoms with Gasteiger partial charge in [0, 0.05) is 11.7 Å². The molecule has 0 spiro atoms. The Balaban J connectivity index is 2.64. The number of hydrogen-bond acceptors (Lipinski definition) is 3. The molecule has 0 bridgehead atoms. The largest absolute Gasteiger partial charge is 0.402 e. The number of nitrogens with zero attached hydrogens (tertiary/aromatic N) is 1. The normalized spacial score (nSPS) is 18.6. The smallest absolute Gasteiger partial charge is 0.0515 e. The zero-order valence-corrected chi connectivity index (χ0v) is 8.03. The molecule has 1 fully saturated rings. The highest BCUT2D eigenvalue weighted by atomic mass is 15.4. The first-order valence-corrected chi connectivity index (χ1v) is 4.45. The fraction of sp³-hybridized carbons (Fsp3) is 0.400. The highest BCUT2D eigenvalue weighted by Gasteiger charge is 2.27. The lowest BCUT2D eigenvalue weighted by molar-refractivity contribution is 0.360. The summed E-state index contributed by atoms with van der Waals surface area (Å²) in [5.74, 6) is 5.84. The lowest BCUT2D eigenvalue weighted by atomic mass is 10.3. The van der Waals surface area contributed by atoms with Gasteiger partial charge in [-0.2, -0.15) is 0 Å². The Morgan fingerprint density at radius 2 is 2.08 bits per heavy atom. The summed E-state index contributed by atoms with van der Waals surface area (Å²) in [4.78, 5) is 0.